The largest absolute Gasteiger partial charge is 0.390 e. The highest BCUT2D eigenvalue weighted by Gasteiger charge is 2.36. The topological polar surface area (TPSA) is 15.3 Å². The molecule has 1 N–H and O–H groups in total. The zero-order valence-corrected chi connectivity index (χ0v) is 9.56. The highest BCUT2D eigenvalue weighted by Crippen LogP contribution is 2.27. The molecule has 2 nitrogen and oxygen atoms in total. The Balaban J connectivity index is 1.73. The number of hydrogen-bond acceptors (Lipinski definition) is 2. The third kappa shape index (κ3) is 3.63. The standard InChI is InChI=1S/C11H19F3N2/c1-8(6-11(12,13)14)16-5-4-10(7-16)15-9-2-3-9/h8-10,15H,2-7H2,1H3. The quantitative estimate of drug-likeness (QED) is 0.804. The van der Waals surface area contributed by atoms with Gasteiger partial charge in [0.2, 0.25) is 0 Å². The number of likely N-dealkylation sites (tertiary alicyclic amines) is 1. The summed E-state index contributed by atoms with van der Waals surface area (Å²) in [6, 6.07) is 0.664. The van der Waals surface area contributed by atoms with Gasteiger partial charge in [-0.25, -0.2) is 0 Å². The predicted octanol–water partition coefficient (Wildman–Crippen LogP) is 2.15. The van der Waals surface area contributed by atoms with Crippen LogP contribution in [0.25, 0.3) is 0 Å². The van der Waals surface area contributed by atoms with Crippen LogP contribution in [-0.2, 0) is 0 Å². The van der Waals surface area contributed by atoms with Crippen LogP contribution in [0, 0.1) is 0 Å². The minimum absolute atomic E-state index is 0.383. The van der Waals surface area contributed by atoms with E-state index in [1.165, 1.54) is 12.8 Å². The van der Waals surface area contributed by atoms with Gasteiger partial charge in [0.05, 0.1) is 6.42 Å². The van der Waals surface area contributed by atoms with Gasteiger partial charge in [-0.2, -0.15) is 13.2 Å². The second kappa shape index (κ2) is 4.53. The molecule has 0 bridgehead atoms. The number of alkyl halides is 3. The summed E-state index contributed by atoms with van der Waals surface area (Å²) in [6.45, 7) is 3.24. The lowest BCUT2D eigenvalue weighted by molar-refractivity contribution is -0.145. The molecule has 0 spiro atoms. The molecule has 0 amide bonds. The third-order valence-corrected chi connectivity index (χ3v) is 3.42. The second-order valence-electron chi connectivity index (χ2n) is 5.09. The molecular formula is C11H19F3N2. The van der Waals surface area contributed by atoms with E-state index in [1.807, 2.05) is 4.90 Å². The number of halogens is 3. The van der Waals surface area contributed by atoms with E-state index in [0.29, 0.717) is 12.1 Å². The zero-order valence-electron chi connectivity index (χ0n) is 9.56. The van der Waals surface area contributed by atoms with E-state index in [1.54, 1.807) is 6.92 Å². The molecule has 2 aliphatic rings. The molecule has 1 saturated carbocycles. The summed E-state index contributed by atoms with van der Waals surface area (Å²) in [5.41, 5.74) is 0. The molecule has 0 aromatic rings. The minimum Gasteiger partial charge on any atom is -0.310 e. The normalized spacial score (nSPS) is 29.6. The maximum absolute atomic E-state index is 12.2. The Kier molecular flexibility index (Phi) is 3.45. The Morgan fingerprint density at radius 2 is 1.94 bits per heavy atom. The SMILES string of the molecule is CC(CC(F)(F)F)N1CCC(NC2CC2)C1. The Hall–Kier alpha value is -0.290. The molecular weight excluding hydrogens is 217 g/mol. The molecule has 1 heterocycles. The maximum atomic E-state index is 12.2. The molecule has 2 atom stereocenters. The fourth-order valence-electron chi connectivity index (χ4n) is 2.37. The monoisotopic (exact) mass is 236 g/mol. The average Bonchev–Trinajstić information content (AvgIpc) is 2.78. The van der Waals surface area contributed by atoms with Crippen LogP contribution in [0.1, 0.15) is 32.6 Å². The minimum atomic E-state index is -4.04. The van der Waals surface area contributed by atoms with Gasteiger partial charge in [-0.1, -0.05) is 0 Å². The predicted molar refractivity (Wildman–Crippen MR) is 56.3 cm³/mol. The van der Waals surface area contributed by atoms with Crippen LogP contribution in [0.15, 0.2) is 0 Å². The first kappa shape index (κ1) is 12.2. The van der Waals surface area contributed by atoms with Crippen LogP contribution in [-0.4, -0.2) is 42.3 Å². The van der Waals surface area contributed by atoms with Crippen molar-refractivity contribution in [1.29, 1.82) is 0 Å². The van der Waals surface area contributed by atoms with Crippen LogP contribution < -0.4 is 5.32 Å². The highest BCUT2D eigenvalue weighted by atomic mass is 19.4. The second-order valence-corrected chi connectivity index (χ2v) is 5.09. The highest BCUT2D eigenvalue weighted by molar-refractivity contribution is 4.90. The smallest absolute Gasteiger partial charge is 0.310 e. The molecule has 1 aliphatic carbocycles. The molecule has 16 heavy (non-hydrogen) atoms. The fourth-order valence-corrected chi connectivity index (χ4v) is 2.37. The zero-order chi connectivity index (χ0) is 11.8. The first-order valence-corrected chi connectivity index (χ1v) is 6.01. The Bertz CT molecular complexity index is 238. The van der Waals surface area contributed by atoms with Crippen molar-refractivity contribution >= 4 is 0 Å². The molecule has 5 heteroatoms. The molecule has 0 aromatic carbocycles. The lowest BCUT2D eigenvalue weighted by Crippen LogP contribution is -2.38. The van der Waals surface area contributed by atoms with E-state index >= 15 is 0 Å². The number of nitrogens with zero attached hydrogens (tertiary/aromatic N) is 1. The van der Waals surface area contributed by atoms with E-state index in [0.717, 1.165) is 19.5 Å². The van der Waals surface area contributed by atoms with Gasteiger partial charge in [0, 0.05) is 31.2 Å². The van der Waals surface area contributed by atoms with Crippen LogP contribution in [0.4, 0.5) is 13.2 Å². The summed E-state index contributed by atoms with van der Waals surface area (Å²) >= 11 is 0. The molecule has 2 fully saturated rings. The van der Waals surface area contributed by atoms with E-state index < -0.39 is 12.6 Å². The lowest BCUT2D eigenvalue weighted by Gasteiger charge is -2.25. The van der Waals surface area contributed by atoms with Crippen molar-refractivity contribution in [3.05, 3.63) is 0 Å². The molecule has 0 radical (unpaired) electrons. The van der Waals surface area contributed by atoms with Crippen molar-refractivity contribution in [3.63, 3.8) is 0 Å². The van der Waals surface area contributed by atoms with Gasteiger partial charge >= 0.3 is 6.18 Å². The van der Waals surface area contributed by atoms with Gasteiger partial charge in [0.25, 0.3) is 0 Å². The van der Waals surface area contributed by atoms with E-state index in [4.69, 9.17) is 0 Å². The summed E-state index contributed by atoms with van der Waals surface area (Å²) in [4.78, 5) is 1.95. The van der Waals surface area contributed by atoms with Crippen LogP contribution in [0.2, 0.25) is 0 Å². The van der Waals surface area contributed by atoms with E-state index in [-0.39, 0.29) is 6.04 Å². The first-order chi connectivity index (χ1) is 7.44. The van der Waals surface area contributed by atoms with Crippen LogP contribution in [0.3, 0.4) is 0 Å². The Labute approximate surface area is 94.2 Å². The number of hydrogen-bond donors (Lipinski definition) is 1. The van der Waals surface area contributed by atoms with Crippen molar-refractivity contribution < 1.29 is 13.2 Å². The van der Waals surface area contributed by atoms with Gasteiger partial charge in [-0.05, 0) is 26.2 Å². The Morgan fingerprint density at radius 3 is 2.50 bits per heavy atom. The van der Waals surface area contributed by atoms with Gasteiger partial charge < -0.3 is 5.32 Å². The molecule has 1 aliphatic heterocycles. The summed E-state index contributed by atoms with van der Waals surface area (Å²) in [5.74, 6) is 0. The van der Waals surface area contributed by atoms with Crippen molar-refractivity contribution in [1.82, 2.24) is 10.2 Å². The molecule has 0 aromatic heterocycles. The lowest BCUT2D eigenvalue weighted by atomic mass is 10.2. The van der Waals surface area contributed by atoms with Gasteiger partial charge in [0.1, 0.15) is 0 Å². The summed E-state index contributed by atoms with van der Waals surface area (Å²) in [7, 11) is 0. The Morgan fingerprint density at radius 1 is 1.25 bits per heavy atom. The maximum Gasteiger partial charge on any atom is 0.390 e. The molecule has 2 unspecified atom stereocenters. The fraction of sp³-hybridized carbons (Fsp3) is 1.00. The van der Waals surface area contributed by atoms with Crippen molar-refractivity contribution in [2.24, 2.45) is 0 Å². The number of nitrogens with one attached hydrogen (secondary N) is 1. The van der Waals surface area contributed by atoms with Crippen molar-refractivity contribution in [2.75, 3.05) is 13.1 Å². The first-order valence-electron chi connectivity index (χ1n) is 6.01. The van der Waals surface area contributed by atoms with E-state index in [2.05, 4.69) is 5.32 Å². The molecule has 94 valence electrons. The molecule has 2 rings (SSSR count). The number of rotatable bonds is 4. The van der Waals surface area contributed by atoms with Crippen molar-refractivity contribution in [3.8, 4) is 0 Å². The summed E-state index contributed by atoms with van der Waals surface area (Å²) in [5, 5.41) is 3.48. The third-order valence-electron chi connectivity index (χ3n) is 3.42. The van der Waals surface area contributed by atoms with Gasteiger partial charge in [-0.15, -0.1) is 0 Å². The van der Waals surface area contributed by atoms with Crippen molar-refractivity contribution in [2.45, 2.75) is 56.9 Å². The summed E-state index contributed by atoms with van der Waals surface area (Å²) < 4.78 is 36.7. The van der Waals surface area contributed by atoms with Gasteiger partial charge in [-0.3, -0.25) is 4.90 Å². The summed E-state index contributed by atoms with van der Waals surface area (Å²) in [6.07, 6.45) is -1.29. The van der Waals surface area contributed by atoms with E-state index in [9.17, 15) is 13.2 Å². The molecule has 1 saturated heterocycles. The van der Waals surface area contributed by atoms with Gasteiger partial charge in [0.15, 0.2) is 0 Å². The van der Waals surface area contributed by atoms with Crippen LogP contribution in [0.5, 0.6) is 0 Å². The average molecular weight is 236 g/mol. The van der Waals surface area contributed by atoms with Crippen LogP contribution >= 0.6 is 0 Å².